The van der Waals surface area contributed by atoms with Gasteiger partial charge in [0, 0.05) is 18.7 Å². The second kappa shape index (κ2) is 9.85. The van der Waals surface area contributed by atoms with Crippen LogP contribution in [0.2, 0.25) is 0 Å². The van der Waals surface area contributed by atoms with E-state index in [0.717, 1.165) is 0 Å². The quantitative estimate of drug-likeness (QED) is 0.451. The molecule has 0 radical (unpaired) electrons. The second-order valence-electron chi connectivity index (χ2n) is 5.50. The third kappa shape index (κ3) is 7.10. The molecule has 0 unspecified atom stereocenters. The fourth-order valence-electron chi connectivity index (χ4n) is 2.06. The van der Waals surface area contributed by atoms with Crippen LogP contribution in [0.25, 0.3) is 0 Å². The van der Waals surface area contributed by atoms with Crippen molar-refractivity contribution in [1.29, 1.82) is 0 Å². The van der Waals surface area contributed by atoms with Crippen molar-refractivity contribution in [2.75, 3.05) is 13.1 Å². The molecule has 2 aromatic carbocycles. The van der Waals surface area contributed by atoms with E-state index in [0.29, 0.717) is 11.1 Å². The maximum Gasteiger partial charge on any atom is 0.333 e. The number of amides is 4. The minimum absolute atomic E-state index is 0.0196. The molecule has 2 rings (SSSR count). The van der Waals surface area contributed by atoms with E-state index in [1.165, 1.54) is 48.5 Å². The van der Waals surface area contributed by atoms with Gasteiger partial charge in [0.15, 0.2) is 0 Å². The molecular weight excluding hydrogens is 358 g/mol. The van der Waals surface area contributed by atoms with E-state index < -0.39 is 29.5 Å². The normalized spacial score (nSPS) is 10.0. The SMILES string of the molecule is O=C(Cc1ccc(F)cc1)NNC(=O)NCCNC(=O)c1ccc(F)cc1. The van der Waals surface area contributed by atoms with Crippen LogP contribution in [0, 0.1) is 11.6 Å². The topological polar surface area (TPSA) is 99.3 Å². The maximum absolute atomic E-state index is 12.8. The lowest BCUT2D eigenvalue weighted by molar-refractivity contribution is -0.121. The highest BCUT2D eigenvalue weighted by Crippen LogP contribution is 2.03. The van der Waals surface area contributed by atoms with Crippen LogP contribution in [0.5, 0.6) is 0 Å². The molecule has 7 nitrogen and oxygen atoms in total. The lowest BCUT2D eigenvalue weighted by Gasteiger charge is -2.10. The van der Waals surface area contributed by atoms with Crippen LogP contribution in [0.1, 0.15) is 15.9 Å². The Morgan fingerprint density at radius 3 is 1.93 bits per heavy atom. The molecule has 9 heteroatoms. The molecule has 0 aromatic heterocycles. The van der Waals surface area contributed by atoms with Crippen molar-refractivity contribution in [1.82, 2.24) is 21.5 Å². The van der Waals surface area contributed by atoms with Gasteiger partial charge in [0.25, 0.3) is 5.91 Å². The zero-order valence-corrected chi connectivity index (χ0v) is 14.2. The molecule has 0 atom stereocenters. The second-order valence-corrected chi connectivity index (χ2v) is 5.50. The Bertz CT molecular complexity index is 795. The summed E-state index contributed by atoms with van der Waals surface area (Å²) in [4.78, 5) is 35.0. The largest absolute Gasteiger partial charge is 0.350 e. The Morgan fingerprint density at radius 2 is 1.30 bits per heavy atom. The van der Waals surface area contributed by atoms with E-state index in [1.54, 1.807) is 0 Å². The van der Waals surface area contributed by atoms with E-state index >= 15 is 0 Å². The highest BCUT2D eigenvalue weighted by atomic mass is 19.1. The number of hydrogen-bond acceptors (Lipinski definition) is 3. The third-order valence-electron chi connectivity index (χ3n) is 3.40. The number of urea groups is 1. The Kier molecular flexibility index (Phi) is 7.24. The van der Waals surface area contributed by atoms with Gasteiger partial charge in [0.2, 0.25) is 5.91 Å². The Morgan fingerprint density at radius 1 is 0.741 bits per heavy atom. The standard InChI is InChI=1S/C18H18F2N4O3/c19-14-5-1-12(2-6-14)11-16(25)23-24-18(27)22-10-9-21-17(26)13-3-7-15(20)8-4-13/h1-8H,9-11H2,(H,21,26)(H,23,25)(H2,22,24,27). The molecule has 27 heavy (non-hydrogen) atoms. The molecule has 0 spiro atoms. The van der Waals surface area contributed by atoms with E-state index in [2.05, 4.69) is 21.5 Å². The third-order valence-corrected chi connectivity index (χ3v) is 3.40. The van der Waals surface area contributed by atoms with Crippen molar-refractivity contribution in [3.63, 3.8) is 0 Å². The first-order chi connectivity index (χ1) is 12.9. The first-order valence-corrected chi connectivity index (χ1v) is 8.05. The molecular formula is C18H18F2N4O3. The number of benzene rings is 2. The van der Waals surface area contributed by atoms with Gasteiger partial charge in [0.05, 0.1) is 6.42 Å². The van der Waals surface area contributed by atoms with Crippen LogP contribution in [0.15, 0.2) is 48.5 Å². The molecule has 4 amide bonds. The summed E-state index contributed by atoms with van der Waals surface area (Å²) < 4.78 is 25.6. The summed E-state index contributed by atoms with van der Waals surface area (Å²) in [6.07, 6.45) is -0.0196. The van der Waals surface area contributed by atoms with Crippen molar-refractivity contribution in [3.8, 4) is 0 Å². The lowest BCUT2D eigenvalue weighted by atomic mass is 10.1. The maximum atomic E-state index is 12.8. The number of hydrogen-bond donors (Lipinski definition) is 4. The van der Waals surface area contributed by atoms with Gasteiger partial charge in [-0.1, -0.05) is 12.1 Å². The van der Waals surface area contributed by atoms with Crippen LogP contribution >= 0.6 is 0 Å². The predicted octanol–water partition coefficient (Wildman–Crippen LogP) is 1.27. The smallest absolute Gasteiger partial charge is 0.333 e. The highest BCUT2D eigenvalue weighted by Gasteiger charge is 2.07. The van der Waals surface area contributed by atoms with Crippen LogP contribution in [-0.2, 0) is 11.2 Å². The van der Waals surface area contributed by atoms with Gasteiger partial charge in [-0.2, -0.15) is 0 Å². The summed E-state index contributed by atoms with van der Waals surface area (Å²) in [7, 11) is 0. The van der Waals surface area contributed by atoms with Gasteiger partial charge in [-0.25, -0.2) is 19.0 Å². The molecule has 0 aliphatic carbocycles. The Balaban J connectivity index is 1.60. The van der Waals surface area contributed by atoms with Crippen molar-refractivity contribution in [3.05, 3.63) is 71.3 Å². The number of nitrogens with one attached hydrogen (secondary N) is 4. The molecule has 0 fully saturated rings. The van der Waals surface area contributed by atoms with Gasteiger partial charge in [-0.15, -0.1) is 0 Å². The summed E-state index contributed by atoms with van der Waals surface area (Å²) >= 11 is 0. The summed E-state index contributed by atoms with van der Waals surface area (Å²) in [5.41, 5.74) is 5.27. The monoisotopic (exact) mass is 376 g/mol. The van der Waals surface area contributed by atoms with Crippen LogP contribution in [0.3, 0.4) is 0 Å². The molecule has 142 valence electrons. The fraction of sp³-hybridized carbons (Fsp3) is 0.167. The predicted molar refractivity (Wildman–Crippen MR) is 93.5 cm³/mol. The summed E-state index contributed by atoms with van der Waals surface area (Å²) in [5, 5.41) is 4.99. The Hall–Kier alpha value is -3.49. The van der Waals surface area contributed by atoms with Crippen molar-refractivity contribution < 1.29 is 23.2 Å². The van der Waals surface area contributed by atoms with E-state index in [9.17, 15) is 23.2 Å². The average molecular weight is 376 g/mol. The van der Waals surface area contributed by atoms with E-state index in [-0.39, 0.29) is 19.5 Å². The number of rotatable bonds is 6. The summed E-state index contributed by atoms with van der Waals surface area (Å²) in [6.45, 7) is 0.264. The number of halogens is 2. The van der Waals surface area contributed by atoms with Crippen LogP contribution in [-0.4, -0.2) is 30.9 Å². The van der Waals surface area contributed by atoms with Gasteiger partial charge in [-0.05, 0) is 42.0 Å². The van der Waals surface area contributed by atoms with Crippen LogP contribution < -0.4 is 21.5 Å². The number of carbonyl (C=O) groups excluding carboxylic acids is 3. The zero-order chi connectivity index (χ0) is 19.6. The van der Waals surface area contributed by atoms with Gasteiger partial charge < -0.3 is 10.6 Å². The van der Waals surface area contributed by atoms with Crippen molar-refractivity contribution >= 4 is 17.8 Å². The molecule has 0 saturated carbocycles. The Labute approximate surface area is 154 Å². The average Bonchev–Trinajstić information content (AvgIpc) is 2.66. The first-order valence-electron chi connectivity index (χ1n) is 8.05. The number of carbonyl (C=O) groups is 3. The number of hydrazine groups is 1. The first kappa shape index (κ1) is 19.8. The fourth-order valence-corrected chi connectivity index (χ4v) is 2.06. The molecule has 0 bridgehead atoms. The minimum atomic E-state index is -0.654. The molecule has 0 saturated heterocycles. The molecule has 4 N–H and O–H groups in total. The minimum Gasteiger partial charge on any atom is -0.350 e. The van der Waals surface area contributed by atoms with E-state index in [4.69, 9.17) is 0 Å². The zero-order valence-electron chi connectivity index (χ0n) is 14.2. The molecule has 0 aliphatic rings. The van der Waals surface area contributed by atoms with Gasteiger partial charge >= 0.3 is 6.03 Å². The summed E-state index contributed by atoms with van der Waals surface area (Å²) in [5.74, 6) is -1.71. The van der Waals surface area contributed by atoms with Gasteiger partial charge in [0.1, 0.15) is 11.6 Å². The lowest BCUT2D eigenvalue weighted by Crippen LogP contribution is -2.48. The van der Waals surface area contributed by atoms with E-state index in [1.807, 2.05) is 0 Å². The highest BCUT2D eigenvalue weighted by molar-refractivity contribution is 5.94. The summed E-state index contributed by atoms with van der Waals surface area (Å²) in [6, 6.07) is 9.81. The van der Waals surface area contributed by atoms with Crippen LogP contribution in [0.4, 0.5) is 13.6 Å². The van der Waals surface area contributed by atoms with Gasteiger partial charge in [-0.3, -0.25) is 15.0 Å². The van der Waals surface area contributed by atoms with Crippen molar-refractivity contribution in [2.45, 2.75) is 6.42 Å². The van der Waals surface area contributed by atoms with Crippen molar-refractivity contribution in [2.24, 2.45) is 0 Å². The molecule has 0 heterocycles. The molecule has 0 aliphatic heterocycles. The molecule has 2 aromatic rings.